The Morgan fingerprint density at radius 3 is 3.06 bits per heavy atom. The Morgan fingerprint density at radius 1 is 1.61 bits per heavy atom. The van der Waals surface area contributed by atoms with Gasteiger partial charge >= 0.3 is 5.97 Å². The molecule has 0 bridgehead atoms. The van der Waals surface area contributed by atoms with Crippen molar-refractivity contribution in [3.63, 3.8) is 0 Å². The molecule has 1 aliphatic rings. The van der Waals surface area contributed by atoms with Crippen molar-refractivity contribution >= 4 is 11.8 Å². The van der Waals surface area contributed by atoms with E-state index < -0.39 is 5.97 Å². The molecule has 1 aliphatic heterocycles. The maximum Gasteiger partial charge on any atom is 0.337 e. The van der Waals surface area contributed by atoms with Gasteiger partial charge in [0.05, 0.1) is 17.9 Å². The summed E-state index contributed by atoms with van der Waals surface area (Å²) in [6.45, 7) is 4.18. The zero-order valence-electron chi connectivity index (χ0n) is 10.5. The minimum atomic E-state index is -0.938. The molecule has 0 aliphatic carbocycles. The highest BCUT2D eigenvalue weighted by atomic mass is 16.5. The number of aromatic nitrogens is 1. The Labute approximate surface area is 106 Å². The molecule has 5 heteroatoms. The molecule has 0 saturated carbocycles. The monoisotopic (exact) mass is 250 g/mol. The highest BCUT2D eigenvalue weighted by molar-refractivity contribution is 5.89. The van der Waals surface area contributed by atoms with Crippen LogP contribution in [-0.2, 0) is 4.74 Å². The van der Waals surface area contributed by atoms with Crippen LogP contribution in [0.2, 0.25) is 0 Å². The third-order valence-corrected chi connectivity index (χ3v) is 3.14. The Bertz CT molecular complexity index is 428. The Kier molecular flexibility index (Phi) is 4.15. The van der Waals surface area contributed by atoms with Gasteiger partial charge in [-0.05, 0) is 37.8 Å². The summed E-state index contributed by atoms with van der Waals surface area (Å²) in [5.41, 5.74) is 0.786. The van der Waals surface area contributed by atoms with E-state index in [2.05, 4.69) is 10.3 Å². The smallest absolute Gasteiger partial charge is 0.337 e. The minimum Gasteiger partial charge on any atom is -0.478 e. The first-order valence-corrected chi connectivity index (χ1v) is 6.19. The van der Waals surface area contributed by atoms with Gasteiger partial charge in [0.2, 0.25) is 0 Å². The molecular formula is C13H18N2O3. The predicted octanol–water partition coefficient (Wildman–Crippen LogP) is 1.93. The number of carboxylic acid groups (broad SMARTS) is 1. The lowest BCUT2D eigenvalue weighted by molar-refractivity contribution is 0.0595. The van der Waals surface area contributed by atoms with Gasteiger partial charge in [-0.1, -0.05) is 0 Å². The van der Waals surface area contributed by atoms with Crippen LogP contribution < -0.4 is 5.32 Å². The number of aromatic carboxylic acids is 1. The number of aryl methyl sites for hydroxylation is 1. The standard InChI is InChI=1S/C13H18N2O3/c1-9-11(13(16)17)4-5-12(15-9)14-7-10-3-2-6-18-8-10/h4-5,10H,2-3,6-8H2,1H3,(H,14,15)(H,16,17). The summed E-state index contributed by atoms with van der Waals surface area (Å²) in [7, 11) is 0. The number of hydrogen-bond acceptors (Lipinski definition) is 4. The van der Waals surface area contributed by atoms with Gasteiger partial charge in [-0.2, -0.15) is 0 Å². The fourth-order valence-corrected chi connectivity index (χ4v) is 2.10. The molecule has 1 aromatic rings. The van der Waals surface area contributed by atoms with E-state index in [1.165, 1.54) is 6.42 Å². The van der Waals surface area contributed by atoms with E-state index in [1.54, 1.807) is 19.1 Å². The Balaban J connectivity index is 1.93. The van der Waals surface area contributed by atoms with Crippen molar-refractivity contribution in [1.82, 2.24) is 4.98 Å². The second-order valence-electron chi connectivity index (χ2n) is 4.60. The van der Waals surface area contributed by atoms with Crippen LogP contribution in [0.3, 0.4) is 0 Å². The average molecular weight is 250 g/mol. The van der Waals surface area contributed by atoms with Crippen LogP contribution in [0.5, 0.6) is 0 Å². The molecule has 0 aromatic carbocycles. The van der Waals surface area contributed by atoms with Gasteiger partial charge < -0.3 is 15.2 Å². The molecule has 2 N–H and O–H groups in total. The maximum absolute atomic E-state index is 10.9. The number of carbonyl (C=O) groups is 1. The SMILES string of the molecule is Cc1nc(NCC2CCCOC2)ccc1C(=O)O. The number of ether oxygens (including phenoxy) is 1. The summed E-state index contributed by atoms with van der Waals surface area (Å²) in [6, 6.07) is 3.30. The molecule has 18 heavy (non-hydrogen) atoms. The molecule has 1 saturated heterocycles. The van der Waals surface area contributed by atoms with Crippen molar-refractivity contribution in [3.05, 3.63) is 23.4 Å². The fourth-order valence-electron chi connectivity index (χ4n) is 2.10. The number of anilines is 1. The van der Waals surface area contributed by atoms with Gasteiger partial charge in [-0.25, -0.2) is 9.78 Å². The summed E-state index contributed by atoms with van der Waals surface area (Å²) in [6.07, 6.45) is 2.27. The van der Waals surface area contributed by atoms with Crippen LogP contribution in [0.25, 0.3) is 0 Å². The van der Waals surface area contributed by atoms with Crippen molar-refractivity contribution in [2.24, 2.45) is 5.92 Å². The number of carboxylic acids is 1. The summed E-state index contributed by atoms with van der Waals surface area (Å²) in [4.78, 5) is 15.1. The summed E-state index contributed by atoms with van der Waals surface area (Å²) >= 11 is 0. The van der Waals surface area contributed by atoms with E-state index in [-0.39, 0.29) is 5.56 Å². The third-order valence-electron chi connectivity index (χ3n) is 3.14. The van der Waals surface area contributed by atoms with Gasteiger partial charge in [0.1, 0.15) is 5.82 Å². The average Bonchev–Trinajstić information content (AvgIpc) is 2.37. The molecule has 0 amide bonds. The minimum absolute atomic E-state index is 0.251. The van der Waals surface area contributed by atoms with Crippen molar-refractivity contribution in [1.29, 1.82) is 0 Å². The van der Waals surface area contributed by atoms with Gasteiger partial charge in [-0.3, -0.25) is 0 Å². The van der Waals surface area contributed by atoms with Crippen molar-refractivity contribution < 1.29 is 14.6 Å². The lowest BCUT2D eigenvalue weighted by Crippen LogP contribution is -2.24. The van der Waals surface area contributed by atoms with Crippen LogP contribution in [0.1, 0.15) is 28.9 Å². The van der Waals surface area contributed by atoms with E-state index in [4.69, 9.17) is 9.84 Å². The largest absolute Gasteiger partial charge is 0.478 e. The molecule has 1 fully saturated rings. The molecule has 5 nitrogen and oxygen atoms in total. The Hall–Kier alpha value is -1.62. The van der Waals surface area contributed by atoms with Crippen molar-refractivity contribution in [2.75, 3.05) is 25.1 Å². The number of hydrogen-bond donors (Lipinski definition) is 2. The van der Waals surface area contributed by atoms with Crippen LogP contribution in [-0.4, -0.2) is 35.8 Å². The van der Waals surface area contributed by atoms with Crippen LogP contribution in [0.4, 0.5) is 5.82 Å². The van der Waals surface area contributed by atoms with E-state index in [0.717, 1.165) is 32.0 Å². The third kappa shape index (κ3) is 3.20. The second kappa shape index (κ2) is 5.82. The lowest BCUT2D eigenvalue weighted by Gasteiger charge is -2.22. The summed E-state index contributed by atoms with van der Waals surface area (Å²) < 4.78 is 5.41. The fraction of sp³-hybridized carbons (Fsp3) is 0.538. The zero-order valence-corrected chi connectivity index (χ0v) is 10.5. The highest BCUT2D eigenvalue weighted by Gasteiger charge is 2.14. The van der Waals surface area contributed by atoms with Gasteiger partial charge in [0.15, 0.2) is 0 Å². The van der Waals surface area contributed by atoms with E-state index in [9.17, 15) is 4.79 Å². The topological polar surface area (TPSA) is 71.5 Å². The van der Waals surface area contributed by atoms with Gasteiger partial charge in [0.25, 0.3) is 0 Å². The first-order chi connectivity index (χ1) is 8.66. The summed E-state index contributed by atoms with van der Waals surface area (Å²) in [5.74, 6) is 0.301. The quantitative estimate of drug-likeness (QED) is 0.854. The number of nitrogens with zero attached hydrogens (tertiary/aromatic N) is 1. The lowest BCUT2D eigenvalue weighted by atomic mass is 10.0. The van der Waals surface area contributed by atoms with Crippen LogP contribution in [0, 0.1) is 12.8 Å². The zero-order chi connectivity index (χ0) is 13.0. The number of rotatable bonds is 4. The molecule has 0 spiro atoms. The van der Waals surface area contributed by atoms with E-state index in [0.29, 0.717) is 11.6 Å². The number of nitrogens with one attached hydrogen (secondary N) is 1. The number of pyridine rings is 1. The summed E-state index contributed by atoms with van der Waals surface area (Å²) in [5, 5.41) is 12.2. The predicted molar refractivity (Wildman–Crippen MR) is 68.0 cm³/mol. The van der Waals surface area contributed by atoms with Gasteiger partial charge in [0, 0.05) is 13.2 Å². The molecule has 98 valence electrons. The normalized spacial score (nSPS) is 19.5. The molecule has 1 atom stereocenters. The first kappa shape index (κ1) is 12.8. The van der Waals surface area contributed by atoms with E-state index in [1.807, 2.05) is 0 Å². The van der Waals surface area contributed by atoms with Crippen molar-refractivity contribution in [3.8, 4) is 0 Å². The maximum atomic E-state index is 10.9. The second-order valence-corrected chi connectivity index (χ2v) is 4.60. The highest BCUT2D eigenvalue weighted by Crippen LogP contribution is 2.15. The molecule has 1 unspecified atom stereocenters. The molecule has 2 rings (SSSR count). The first-order valence-electron chi connectivity index (χ1n) is 6.19. The molecule has 0 radical (unpaired) electrons. The molecular weight excluding hydrogens is 232 g/mol. The van der Waals surface area contributed by atoms with Crippen LogP contribution in [0.15, 0.2) is 12.1 Å². The Morgan fingerprint density at radius 2 is 2.44 bits per heavy atom. The van der Waals surface area contributed by atoms with Crippen LogP contribution >= 0.6 is 0 Å². The molecule has 1 aromatic heterocycles. The van der Waals surface area contributed by atoms with Gasteiger partial charge in [-0.15, -0.1) is 0 Å². The van der Waals surface area contributed by atoms with E-state index >= 15 is 0 Å². The molecule has 2 heterocycles. The van der Waals surface area contributed by atoms with Crippen molar-refractivity contribution in [2.45, 2.75) is 19.8 Å².